The fraction of sp³-hybridized carbons (Fsp3) is 0.613. The Morgan fingerprint density at radius 2 is 1.86 bits per heavy atom. The molecule has 1 aromatic heterocycles. The van der Waals surface area contributed by atoms with Crippen molar-refractivity contribution < 1.29 is 28.2 Å². The molecule has 0 bridgehead atoms. The predicted molar refractivity (Wildman–Crippen MR) is 155 cm³/mol. The molecule has 2 aliphatic carbocycles. The molecule has 2 N–H and O–H groups in total. The third-order valence-electron chi connectivity index (χ3n) is 7.90. The maximum atomic E-state index is 15.0. The number of amides is 2. The second kappa shape index (κ2) is 12.7. The quantitative estimate of drug-likeness (QED) is 0.405. The normalized spacial score (nSPS) is 22.9. The smallest absolute Gasteiger partial charge is 0.407 e. The highest BCUT2D eigenvalue weighted by Gasteiger charge is 2.33. The maximum absolute atomic E-state index is 15.0. The summed E-state index contributed by atoms with van der Waals surface area (Å²) in [6.07, 6.45) is 5.83. The zero-order chi connectivity index (χ0) is 29.9. The molecule has 2 aromatic rings. The van der Waals surface area contributed by atoms with Gasteiger partial charge in [0, 0.05) is 24.9 Å². The van der Waals surface area contributed by atoms with Gasteiger partial charge in [0.15, 0.2) is 5.82 Å². The van der Waals surface area contributed by atoms with Crippen molar-refractivity contribution in [3.63, 3.8) is 0 Å². The standard InChI is InChI=1S/C31H42FN5O5/c1-19(35-28(38)22-7-10-23(15-22)36-30(39)42-31(2,3)4)21-8-11-24(12-9-21)41-25-13-14-37(16-25)27-26(32)29(34-18-33-27)40-17-20-5-6-20/h8-9,11-12,18-20,22-23,25H,5-7,10,13-17H2,1-4H3,(H,35,38)(H,36,39)/t19-,22+,23+,25?/m0/s1. The molecule has 2 heterocycles. The van der Waals surface area contributed by atoms with Crippen molar-refractivity contribution in [2.75, 3.05) is 24.6 Å². The average Bonchev–Trinajstić information content (AvgIpc) is 3.45. The number of hydrogen-bond donors (Lipinski definition) is 2. The molecule has 2 amide bonds. The highest BCUT2D eigenvalue weighted by atomic mass is 19.1. The summed E-state index contributed by atoms with van der Waals surface area (Å²) in [5, 5.41) is 5.99. The lowest BCUT2D eigenvalue weighted by Gasteiger charge is -2.22. The molecule has 1 aliphatic heterocycles. The van der Waals surface area contributed by atoms with Crippen LogP contribution in [-0.4, -0.2) is 59.4 Å². The number of alkyl carbamates (subject to hydrolysis) is 1. The number of benzene rings is 1. The number of aromatic nitrogens is 2. The van der Waals surface area contributed by atoms with E-state index in [0.717, 1.165) is 37.7 Å². The number of anilines is 1. The Morgan fingerprint density at radius 3 is 2.57 bits per heavy atom. The van der Waals surface area contributed by atoms with E-state index in [0.29, 0.717) is 37.8 Å². The van der Waals surface area contributed by atoms with E-state index in [-0.39, 0.29) is 41.7 Å². The molecular weight excluding hydrogens is 541 g/mol. The van der Waals surface area contributed by atoms with Gasteiger partial charge in [-0.25, -0.2) is 9.78 Å². The summed E-state index contributed by atoms with van der Waals surface area (Å²) in [6.45, 7) is 9.05. The Bertz CT molecular complexity index is 1250. The van der Waals surface area contributed by atoms with Crippen molar-refractivity contribution in [3.05, 3.63) is 42.0 Å². The van der Waals surface area contributed by atoms with Gasteiger partial charge in [-0.2, -0.15) is 9.37 Å². The van der Waals surface area contributed by atoms with E-state index in [1.54, 1.807) is 0 Å². The number of ether oxygens (including phenoxy) is 3. The molecule has 42 heavy (non-hydrogen) atoms. The minimum atomic E-state index is -0.557. The summed E-state index contributed by atoms with van der Waals surface area (Å²) >= 11 is 0. The Balaban J connectivity index is 1.07. The van der Waals surface area contributed by atoms with Gasteiger partial charge in [-0.1, -0.05) is 12.1 Å². The molecule has 3 fully saturated rings. The third-order valence-corrected chi connectivity index (χ3v) is 7.90. The Hall–Kier alpha value is -3.63. The first-order chi connectivity index (χ1) is 20.0. The lowest BCUT2D eigenvalue weighted by molar-refractivity contribution is -0.125. The van der Waals surface area contributed by atoms with E-state index < -0.39 is 17.5 Å². The molecule has 0 radical (unpaired) electrons. The molecule has 1 unspecified atom stereocenters. The molecule has 5 rings (SSSR count). The van der Waals surface area contributed by atoms with Crippen LogP contribution in [0.5, 0.6) is 11.6 Å². The largest absolute Gasteiger partial charge is 0.489 e. The van der Waals surface area contributed by atoms with Gasteiger partial charge in [0.05, 0.1) is 19.2 Å². The average molecular weight is 584 g/mol. The number of hydrogen-bond acceptors (Lipinski definition) is 8. The number of carbonyl (C=O) groups is 2. The number of carbonyl (C=O) groups excluding carboxylic acids is 2. The summed E-state index contributed by atoms with van der Waals surface area (Å²) in [5.74, 6) is 0.794. The van der Waals surface area contributed by atoms with Gasteiger partial charge in [0.25, 0.3) is 5.88 Å². The van der Waals surface area contributed by atoms with Gasteiger partial charge in [-0.05, 0) is 83.4 Å². The summed E-state index contributed by atoms with van der Waals surface area (Å²) in [4.78, 5) is 35.0. The highest BCUT2D eigenvalue weighted by Crippen LogP contribution is 2.32. The van der Waals surface area contributed by atoms with E-state index in [1.165, 1.54) is 6.33 Å². The van der Waals surface area contributed by atoms with Crippen molar-refractivity contribution in [2.24, 2.45) is 11.8 Å². The molecule has 2 saturated carbocycles. The summed E-state index contributed by atoms with van der Waals surface area (Å²) in [7, 11) is 0. The molecule has 10 nitrogen and oxygen atoms in total. The van der Waals surface area contributed by atoms with Gasteiger partial charge in [0.2, 0.25) is 11.7 Å². The maximum Gasteiger partial charge on any atom is 0.407 e. The Labute approximate surface area is 246 Å². The predicted octanol–water partition coefficient (Wildman–Crippen LogP) is 4.93. The van der Waals surface area contributed by atoms with Crippen molar-refractivity contribution >= 4 is 17.8 Å². The highest BCUT2D eigenvalue weighted by molar-refractivity contribution is 5.79. The van der Waals surface area contributed by atoms with Crippen LogP contribution in [0.4, 0.5) is 15.0 Å². The van der Waals surface area contributed by atoms with Crippen LogP contribution in [0.15, 0.2) is 30.6 Å². The third kappa shape index (κ3) is 8.01. The molecule has 1 saturated heterocycles. The van der Waals surface area contributed by atoms with E-state index in [2.05, 4.69) is 20.6 Å². The van der Waals surface area contributed by atoms with E-state index in [1.807, 2.05) is 56.9 Å². The van der Waals surface area contributed by atoms with E-state index >= 15 is 0 Å². The summed E-state index contributed by atoms with van der Waals surface area (Å²) in [5.41, 5.74) is 0.408. The molecule has 0 spiro atoms. The van der Waals surface area contributed by atoms with Crippen LogP contribution in [0.3, 0.4) is 0 Å². The van der Waals surface area contributed by atoms with Gasteiger partial charge in [0.1, 0.15) is 23.8 Å². The Kier molecular flexibility index (Phi) is 9.03. The first-order valence-corrected chi connectivity index (χ1v) is 15.0. The molecule has 228 valence electrons. The summed E-state index contributed by atoms with van der Waals surface area (Å²) < 4.78 is 32.1. The van der Waals surface area contributed by atoms with Crippen LogP contribution in [0, 0.1) is 17.7 Å². The van der Waals surface area contributed by atoms with Crippen LogP contribution in [-0.2, 0) is 9.53 Å². The zero-order valence-corrected chi connectivity index (χ0v) is 24.9. The number of nitrogens with one attached hydrogen (secondary N) is 2. The van der Waals surface area contributed by atoms with E-state index in [9.17, 15) is 14.0 Å². The molecule has 1 aromatic carbocycles. The second-order valence-electron chi connectivity index (χ2n) is 12.7. The molecule has 4 atom stereocenters. The molecular formula is C31H42FN5O5. The van der Waals surface area contributed by atoms with Crippen LogP contribution in [0.25, 0.3) is 0 Å². The van der Waals surface area contributed by atoms with Crippen LogP contribution >= 0.6 is 0 Å². The van der Waals surface area contributed by atoms with Crippen molar-refractivity contribution in [3.8, 4) is 11.6 Å². The number of nitrogens with zero attached hydrogens (tertiary/aromatic N) is 3. The molecule has 11 heteroatoms. The van der Waals surface area contributed by atoms with E-state index in [4.69, 9.17) is 14.2 Å². The van der Waals surface area contributed by atoms with Crippen molar-refractivity contribution in [1.29, 1.82) is 0 Å². The molecule has 3 aliphatic rings. The van der Waals surface area contributed by atoms with Crippen LogP contribution in [0.1, 0.15) is 77.8 Å². The van der Waals surface area contributed by atoms with Crippen LogP contribution < -0.4 is 25.0 Å². The number of rotatable bonds is 10. The van der Waals surface area contributed by atoms with Crippen molar-refractivity contribution in [1.82, 2.24) is 20.6 Å². The lowest BCUT2D eigenvalue weighted by atomic mass is 10.0. The van der Waals surface area contributed by atoms with Gasteiger partial charge >= 0.3 is 6.09 Å². The van der Waals surface area contributed by atoms with Gasteiger partial charge in [-0.3, -0.25) is 4.79 Å². The SMILES string of the molecule is C[C@H](NC(=O)[C@@H]1CC[C@@H](NC(=O)OC(C)(C)C)C1)c1ccc(OC2CCN(c3ncnc(OCC4CC4)c3F)C2)cc1. The fourth-order valence-corrected chi connectivity index (χ4v) is 5.43. The minimum Gasteiger partial charge on any atom is -0.489 e. The van der Waals surface area contributed by atoms with Crippen LogP contribution in [0.2, 0.25) is 0 Å². The topological polar surface area (TPSA) is 115 Å². The zero-order valence-electron chi connectivity index (χ0n) is 24.9. The van der Waals surface area contributed by atoms with Gasteiger partial charge in [-0.15, -0.1) is 0 Å². The lowest BCUT2D eigenvalue weighted by Crippen LogP contribution is -2.38. The first kappa shape index (κ1) is 29.8. The minimum absolute atomic E-state index is 0.0123. The summed E-state index contributed by atoms with van der Waals surface area (Å²) in [6, 6.07) is 7.44. The first-order valence-electron chi connectivity index (χ1n) is 15.0. The monoisotopic (exact) mass is 583 g/mol. The van der Waals surface area contributed by atoms with Crippen molar-refractivity contribution in [2.45, 2.75) is 90.0 Å². The number of halogens is 1. The fourth-order valence-electron chi connectivity index (χ4n) is 5.43. The van der Waals surface area contributed by atoms with Gasteiger partial charge < -0.3 is 29.7 Å². The Morgan fingerprint density at radius 1 is 1.10 bits per heavy atom. The second-order valence-corrected chi connectivity index (χ2v) is 12.7.